The predicted octanol–water partition coefficient (Wildman–Crippen LogP) is 14.9. The third kappa shape index (κ3) is 5.28. The molecule has 9 aromatic carbocycles. The van der Waals surface area contributed by atoms with Crippen LogP contribution in [0.4, 0.5) is 0 Å². The Morgan fingerprint density at radius 1 is 0.429 bits per heavy atom. The number of hydrogen-bond donors (Lipinski definition) is 0. The van der Waals surface area contributed by atoms with E-state index in [1.807, 2.05) is 12.1 Å². The average Bonchev–Trinajstić information content (AvgIpc) is 3.80. The van der Waals surface area contributed by atoms with E-state index in [1.54, 1.807) is 0 Å². The van der Waals surface area contributed by atoms with Crippen LogP contribution in [-0.4, -0.2) is 4.57 Å². The van der Waals surface area contributed by atoms with Crippen molar-refractivity contribution in [2.75, 3.05) is 0 Å². The van der Waals surface area contributed by atoms with Gasteiger partial charge in [-0.05, 0) is 100 Å². The molecule has 0 bridgehead atoms. The molecule has 0 aliphatic rings. The van der Waals surface area contributed by atoms with Crippen molar-refractivity contribution in [1.29, 1.82) is 0 Å². The lowest BCUT2D eigenvalue weighted by Crippen LogP contribution is -1.94. The molecular weight excluding hydrogens is 683 g/mol. The van der Waals surface area contributed by atoms with E-state index in [1.165, 1.54) is 27.4 Å². The second kappa shape index (κ2) is 12.9. The number of aryl methyl sites for hydroxylation is 1. The lowest BCUT2D eigenvalue weighted by atomic mass is 9.96. The molecule has 3 nitrogen and oxygen atoms in total. The summed E-state index contributed by atoms with van der Waals surface area (Å²) in [5, 5.41) is 6.99. The molecule has 0 radical (unpaired) electrons. The first kappa shape index (κ1) is 32.1. The minimum Gasteiger partial charge on any atom is -0.457 e. The van der Waals surface area contributed by atoms with Crippen molar-refractivity contribution >= 4 is 54.5 Å². The Hall–Kier alpha value is -7.36. The maximum Gasteiger partial charge on any atom is 0.143 e. The van der Waals surface area contributed by atoms with Gasteiger partial charge in [-0.25, -0.2) is 0 Å². The fourth-order valence-electron chi connectivity index (χ4n) is 8.45. The maximum atomic E-state index is 6.90. The molecule has 0 N–H and O–H groups in total. The number of benzene rings is 9. The SMILES string of the molecule is Cc1ccccc1-c1ccc(-c2ccc3c4ccccc4n(-c4ccccc4)c3c2)cc1Oc1ccc2cc(-c3cccc4c3oc3ccccc34)ccc2c1. The first-order valence-electron chi connectivity index (χ1n) is 19.1. The van der Waals surface area contributed by atoms with Crippen molar-refractivity contribution in [2.45, 2.75) is 6.92 Å². The first-order chi connectivity index (χ1) is 27.7. The Morgan fingerprint density at radius 2 is 1.11 bits per heavy atom. The van der Waals surface area contributed by atoms with E-state index in [2.05, 4.69) is 193 Å². The first-order valence-corrected chi connectivity index (χ1v) is 19.1. The van der Waals surface area contributed by atoms with E-state index >= 15 is 0 Å². The van der Waals surface area contributed by atoms with Crippen LogP contribution in [0.25, 0.3) is 93.6 Å². The summed E-state index contributed by atoms with van der Waals surface area (Å²) in [6, 6.07) is 68.8. The molecular formula is C53H35NO2. The van der Waals surface area contributed by atoms with Gasteiger partial charge in [0.2, 0.25) is 0 Å². The fourth-order valence-corrected chi connectivity index (χ4v) is 8.45. The highest BCUT2D eigenvalue weighted by Crippen LogP contribution is 2.42. The van der Waals surface area contributed by atoms with E-state index in [-0.39, 0.29) is 0 Å². The van der Waals surface area contributed by atoms with Gasteiger partial charge in [0.15, 0.2) is 0 Å². The van der Waals surface area contributed by atoms with Crippen LogP contribution in [0.5, 0.6) is 11.5 Å². The van der Waals surface area contributed by atoms with E-state index < -0.39 is 0 Å². The number of nitrogens with zero attached hydrogens (tertiary/aromatic N) is 1. The third-order valence-corrected chi connectivity index (χ3v) is 11.2. The molecule has 264 valence electrons. The number of fused-ring (bicyclic) bond motifs is 7. The van der Waals surface area contributed by atoms with Crippen molar-refractivity contribution in [3.8, 4) is 50.6 Å². The monoisotopic (exact) mass is 717 g/mol. The van der Waals surface area contributed by atoms with E-state index in [4.69, 9.17) is 9.15 Å². The molecule has 11 rings (SSSR count). The minimum absolute atomic E-state index is 0.788. The molecule has 0 aliphatic carbocycles. The summed E-state index contributed by atoms with van der Waals surface area (Å²) >= 11 is 0. The van der Waals surface area contributed by atoms with Crippen LogP contribution in [0.1, 0.15) is 5.56 Å². The zero-order chi connectivity index (χ0) is 37.2. The molecule has 0 spiro atoms. The van der Waals surface area contributed by atoms with Crippen LogP contribution in [0.3, 0.4) is 0 Å². The summed E-state index contributed by atoms with van der Waals surface area (Å²) in [5.74, 6) is 1.60. The van der Waals surface area contributed by atoms with Crippen LogP contribution < -0.4 is 4.74 Å². The molecule has 0 unspecified atom stereocenters. The molecule has 0 saturated heterocycles. The van der Waals surface area contributed by atoms with Gasteiger partial charge in [0.25, 0.3) is 0 Å². The van der Waals surface area contributed by atoms with E-state index in [9.17, 15) is 0 Å². The van der Waals surface area contributed by atoms with Gasteiger partial charge < -0.3 is 13.7 Å². The van der Waals surface area contributed by atoms with Crippen molar-refractivity contribution in [1.82, 2.24) is 4.57 Å². The standard InChI is InChI=1S/C53H35NO2/c1-34-12-5-6-15-42(34)47-29-26-38(37-25-28-45-44-16-7-9-20-49(44)54(50(45)32-37)40-13-3-2-4-14-40)33-52(47)55-41-27-24-35-30-39(23-22-36(35)31-41)43-18-11-19-48-46-17-8-10-21-51(46)56-53(43)48/h2-33H,1H3. The summed E-state index contributed by atoms with van der Waals surface area (Å²) in [4.78, 5) is 0. The highest BCUT2D eigenvalue weighted by atomic mass is 16.5. The highest BCUT2D eigenvalue weighted by molar-refractivity contribution is 6.11. The molecule has 2 aromatic heterocycles. The second-order valence-corrected chi connectivity index (χ2v) is 14.6. The van der Waals surface area contributed by atoms with Gasteiger partial charge in [-0.15, -0.1) is 0 Å². The largest absolute Gasteiger partial charge is 0.457 e. The predicted molar refractivity (Wildman–Crippen MR) is 233 cm³/mol. The topological polar surface area (TPSA) is 27.3 Å². The second-order valence-electron chi connectivity index (χ2n) is 14.6. The van der Waals surface area contributed by atoms with Crippen molar-refractivity contribution in [2.24, 2.45) is 0 Å². The van der Waals surface area contributed by atoms with Crippen molar-refractivity contribution < 1.29 is 9.15 Å². The Labute approximate surface area is 324 Å². The molecule has 0 fully saturated rings. The summed E-state index contributed by atoms with van der Waals surface area (Å²) in [6.45, 7) is 2.16. The normalized spacial score (nSPS) is 11.7. The van der Waals surface area contributed by atoms with Gasteiger partial charge in [0.05, 0.1) is 11.0 Å². The molecule has 56 heavy (non-hydrogen) atoms. The average molecular weight is 718 g/mol. The summed E-state index contributed by atoms with van der Waals surface area (Å²) in [5.41, 5.74) is 13.2. The Balaban J connectivity index is 1.00. The van der Waals surface area contributed by atoms with Gasteiger partial charge >= 0.3 is 0 Å². The van der Waals surface area contributed by atoms with Crippen LogP contribution in [-0.2, 0) is 0 Å². The Morgan fingerprint density at radius 3 is 2.02 bits per heavy atom. The summed E-state index contributed by atoms with van der Waals surface area (Å²) in [7, 11) is 0. The van der Waals surface area contributed by atoms with Crippen molar-refractivity contribution in [3.63, 3.8) is 0 Å². The third-order valence-electron chi connectivity index (χ3n) is 11.2. The van der Waals surface area contributed by atoms with Crippen LogP contribution in [0, 0.1) is 6.92 Å². The molecule has 2 heterocycles. The van der Waals surface area contributed by atoms with Crippen LogP contribution in [0.15, 0.2) is 199 Å². The van der Waals surface area contributed by atoms with Gasteiger partial charge in [0.1, 0.15) is 22.7 Å². The molecule has 3 heteroatoms. The smallest absolute Gasteiger partial charge is 0.143 e. The minimum atomic E-state index is 0.788. The highest BCUT2D eigenvalue weighted by Gasteiger charge is 2.17. The molecule has 11 aromatic rings. The van der Waals surface area contributed by atoms with Crippen LogP contribution >= 0.6 is 0 Å². The number of aromatic nitrogens is 1. The summed E-state index contributed by atoms with van der Waals surface area (Å²) < 4.78 is 15.6. The lowest BCUT2D eigenvalue weighted by Gasteiger charge is -2.16. The Kier molecular flexibility index (Phi) is 7.39. The zero-order valence-corrected chi connectivity index (χ0v) is 30.7. The summed E-state index contributed by atoms with van der Waals surface area (Å²) in [6.07, 6.45) is 0. The number of ether oxygens (including phenoxy) is 1. The zero-order valence-electron chi connectivity index (χ0n) is 30.7. The number of furan rings is 1. The van der Waals surface area contributed by atoms with Gasteiger partial charge in [-0.3, -0.25) is 0 Å². The fraction of sp³-hybridized carbons (Fsp3) is 0.0189. The number of hydrogen-bond acceptors (Lipinski definition) is 2. The van der Waals surface area contributed by atoms with Gasteiger partial charge in [-0.1, -0.05) is 140 Å². The molecule has 0 amide bonds. The van der Waals surface area contributed by atoms with Gasteiger partial charge in [0, 0.05) is 38.4 Å². The number of para-hydroxylation sites is 4. The number of rotatable bonds is 6. The molecule has 0 aliphatic heterocycles. The van der Waals surface area contributed by atoms with Crippen LogP contribution in [0.2, 0.25) is 0 Å². The lowest BCUT2D eigenvalue weighted by molar-refractivity contribution is 0.485. The Bertz CT molecular complexity index is 3290. The van der Waals surface area contributed by atoms with E-state index in [0.717, 1.165) is 83.3 Å². The van der Waals surface area contributed by atoms with E-state index in [0.29, 0.717) is 0 Å². The van der Waals surface area contributed by atoms with Gasteiger partial charge in [-0.2, -0.15) is 0 Å². The quantitative estimate of drug-likeness (QED) is 0.171. The van der Waals surface area contributed by atoms with Crippen molar-refractivity contribution in [3.05, 3.63) is 200 Å². The molecule has 0 saturated carbocycles. The maximum absolute atomic E-state index is 6.90. The molecule has 0 atom stereocenters.